The molecule has 1 unspecified atom stereocenters. The lowest BCUT2D eigenvalue weighted by atomic mass is 10.1. The Morgan fingerprint density at radius 3 is 2.59 bits per heavy atom. The normalized spacial score (nSPS) is 11.6. The number of aryl methyl sites for hydroxylation is 1. The smallest absolute Gasteiger partial charge is 0.272 e. The molecule has 1 N–H and O–H groups in total. The second kappa shape index (κ2) is 8.46. The van der Waals surface area contributed by atoms with Crippen molar-refractivity contribution in [2.45, 2.75) is 13.0 Å². The van der Waals surface area contributed by atoms with Gasteiger partial charge in [-0.2, -0.15) is 0 Å². The first-order chi connectivity index (χ1) is 13.0. The molecule has 3 rings (SSSR count). The molecule has 1 atom stereocenters. The number of hydrogen-bond acceptors (Lipinski definition) is 5. The molecular formula is C20H18N2O4S. The number of nitro groups is 1. The lowest BCUT2D eigenvalue weighted by Gasteiger charge is -2.18. The molecule has 0 spiro atoms. The van der Waals surface area contributed by atoms with Crippen LogP contribution in [0.15, 0.2) is 66.0 Å². The molecule has 27 heavy (non-hydrogen) atoms. The van der Waals surface area contributed by atoms with E-state index in [-0.39, 0.29) is 24.2 Å². The highest BCUT2D eigenvalue weighted by molar-refractivity contribution is 7.10. The van der Waals surface area contributed by atoms with Gasteiger partial charge < -0.3 is 10.1 Å². The Balaban J connectivity index is 1.67. The minimum absolute atomic E-state index is 0.0219. The maximum absolute atomic E-state index is 12.4. The number of carbonyl (C=O) groups excluding carboxylic acids is 1. The number of thiophene rings is 1. The van der Waals surface area contributed by atoms with Gasteiger partial charge >= 0.3 is 0 Å². The van der Waals surface area contributed by atoms with Gasteiger partial charge in [-0.05, 0) is 36.1 Å². The van der Waals surface area contributed by atoms with Crippen molar-refractivity contribution >= 4 is 22.9 Å². The molecular weight excluding hydrogens is 364 g/mol. The summed E-state index contributed by atoms with van der Waals surface area (Å²) in [5.41, 5.74) is 1.49. The van der Waals surface area contributed by atoms with Crippen LogP contribution in [-0.4, -0.2) is 17.4 Å². The van der Waals surface area contributed by atoms with Crippen LogP contribution in [0.2, 0.25) is 0 Å². The fourth-order valence-corrected chi connectivity index (χ4v) is 3.50. The van der Waals surface area contributed by atoms with Crippen LogP contribution in [0, 0.1) is 17.0 Å². The van der Waals surface area contributed by atoms with E-state index in [2.05, 4.69) is 5.32 Å². The van der Waals surface area contributed by atoms with Gasteiger partial charge in [0.25, 0.3) is 11.6 Å². The molecule has 0 saturated heterocycles. The first kappa shape index (κ1) is 18.6. The molecule has 1 aromatic heterocycles. The molecule has 1 heterocycles. The van der Waals surface area contributed by atoms with Crippen LogP contribution in [0.3, 0.4) is 0 Å². The summed E-state index contributed by atoms with van der Waals surface area (Å²) in [6, 6.07) is 17.8. The molecule has 138 valence electrons. The highest BCUT2D eigenvalue weighted by Gasteiger charge is 2.18. The lowest BCUT2D eigenvalue weighted by Crippen LogP contribution is -2.32. The molecule has 7 heteroatoms. The zero-order valence-corrected chi connectivity index (χ0v) is 15.4. The first-order valence-electron chi connectivity index (χ1n) is 8.30. The maximum atomic E-state index is 12.4. The average molecular weight is 382 g/mol. The Hall–Kier alpha value is -3.19. The molecule has 0 aliphatic carbocycles. The second-order valence-electron chi connectivity index (χ2n) is 5.92. The van der Waals surface area contributed by atoms with Gasteiger partial charge in [0.2, 0.25) is 0 Å². The fraction of sp³-hybridized carbons (Fsp3) is 0.150. The molecule has 0 fully saturated rings. The van der Waals surface area contributed by atoms with Crippen molar-refractivity contribution in [2.24, 2.45) is 0 Å². The third-order valence-corrected chi connectivity index (χ3v) is 4.94. The van der Waals surface area contributed by atoms with Crippen LogP contribution < -0.4 is 10.1 Å². The highest BCUT2D eigenvalue weighted by atomic mass is 32.1. The van der Waals surface area contributed by atoms with Gasteiger partial charge in [0.1, 0.15) is 5.75 Å². The molecule has 0 radical (unpaired) electrons. The van der Waals surface area contributed by atoms with E-state index in [4.69, 9.17) is 4.74 Å². The number of ether oxygens (including phenoxy) is 1. The largest absolute Gasteiger partial charge is 0.484 e. The third-order valence-electron chi connectivity index (χ3n) is 4.00. The van der Waals surface area contributed by atoms with Crippen LogP contribution >= 0.6 is 11.3 Å². The number of nitro benzene ring substituents is 1. The van der Waals surface area contributed by atoms with E-state index >= 15 is 0 Å². The van der Waals surface area contributed by atoms with Gasteiger partial charge in [-0.15, -0.1) is 11.3 Å². The summed E-state index contributed by atoms with van der Waals surface area (Å²) in [4.78, 5) is 23.9. The topological polar surface area (TPSA) is 81.5 Å². The maximum Gasteiger partial charge on any atom is 0.272 e. The van der Waals surface area contributed by atoms with Crippen LogP contribution in [0.4, 0.5) is 5.69 Å². The van der Waals surface area contributed by atoms with Crippen molar-refractivity contribution in [3.05, 3.63) is 92.2 Å². The molecule has 0 aliphatic heterocycles. The summed E-state index contributed by atoms with van der Waals surface area (Å²) < 4.78 is 5.51. The molecule has 0 bridgehead atoms. The Morgan fingerprint density at radius 1 is 1.19 bits per heavy atom. The minimum Gasteiger partial charge on any atom is -0.484 e. The van der Waals surface area contributed by atoms with Crippen LogP contribution in [-0.2, 0) is 4.79 Å². The van der Waals surface area contributed by atoms with Crippen LogP contribution in [0.1, 0.15) is 22.0 Å². The summed E-state index contributed by atoms with van der Waals surface area (Å²) in [5, 5.41) is 15.8. The Bertz CT molecular complexity index is 926. The van der Waals surface area contributed by atoms with Gasteiger partial charge in [0.05, 0.1) is 11.0 Å². The zero-order valence-electron chi connectivity index (χ0n) is 14.6. The van der Waals surface area contributed by atoms with Crippen molar-refractivity contribution in [1.82, 2.24) is 5.32 Å². The van der Waals surface area contributed by atoms with Crippen molar-refractivity contribution in [1.29, 1.82) is 0 Å². The van der Waals surface area contributed by atoms with E-state index in [1.807, 2.05) is 47.8 Å². The molecule has 0 saturated carbocycles. The van der Waals surface area contributed by atoms with Gasteiger partial charge in [-0.25, -0.2) is 0 Å². The number of nitrogens with zero attached hydrogens (tertiary/aromatic N) is 1. The molecule has 1 amide bonds. The van der Waals surface area contributed by atoms with E-state index in [9.17, 15) is 14.9 Å². The van der Waals surface area contributed by atoms with Crippen molar-refractivity contribution < 1.29 is 14.5 Å². The van der Waals surface area contributed by atoms with Crippen molar-refractivity contribution in [3.63, 3.8) is 0 Å². The molecule has 2 aromatic carbocycles. The number of amides is 1. The molecule has 0 aliphatic rings. The quantitative estimate of drug-likeness (QED) is 0.489. The fourth-order valence-electron chi connectivity index (χ4n) is 2.69. The Labute approximate surface area is 160 Å². The summed E-state index contributed by atoms with van der Waals surface area (Å²) in [5.74, 6) is 0.147. The number of rotatable bonds is 7. The standard InChI is InChI=1S/C20H18N2O4S/c1-14-12-16(9-10-17(14)22(24)25)26-13-19(23)21-20(18-8-5-11-27-18)15-6-3-2-4-7-15/h2-12,20H,13H2,1H3,(H,21,23). The monoisotopic (exact) mass is 382 g/mol. The zero-order chi connectivity index (χ0) is 19.2. The predicted molar refractivity (Wildman–Crippen MR) is 104 cm³/mol. The van der Waals surface area contributed by atoms with E-state index in [0.717, 1.165) is 10.4 Å². The average Bonchev–Trinajstić information content (AvgIpc) is 3.19. The highest BCUT2D eigenvalue weighted by Crippen LogP contribution is 2.26. The van der Waals surface area contributed by atoms with E-state index < -0.39 is 4.92 Å². The van der Waals surface area contributed by atoms with Crippen LogP contribution in [0.25, 0.3) is 0 Å². The predicted octanol–water partition coefficient (Wildman–Crippen LogP) is 4.25. The Morgan fingerprint density at radius 2 is 1.96 bits per heavy atom. The van der Waals surface area contributed by atoms with Gasteiger partial charge in [0.15, 0.2) is 6.61 Å². The number of benzene rings is 2. The van der Waals surface area contributed by atoms with Gasteiger partial charge in [0, 0.05) is 16.5 Å². The number of nitrogens with one attached hydrogen (secondary N) is 1. The summed E-state index contributed by atoms with van der Waals surface area (Å²) >= 11 is 1.57. The summed E-state index contributed by atoms with van der Waals surface area (Å²) in [7, 11) is 0. The molecule has 6 nitrogen and oxygen atoms in total. The lowest BCUT2D eigenvalue weighted by molar-refractivity contribution is -0.385. The summed E-state index contributed by atoms with van der Waals surface area (Å²) in [6.45, 7) is 1.46. The van der Waals surface area contributed by atoms with E-state index in [0.29, 0.717) is 11.3 Å². The van der Waals surface area contributed by atoms with Gasteiger partial charge in [-0.3, -0.25) is 14.9 Å². The van der Waals surface area contributed by atoms with Crippen molar-refractivity contribution in [3.8, 4) is 5.75 Å². The van der Waals surface area contributed by atoms with Gasteiger partial charge in [-0.1, -0.05) is 36.4 Å². The number of hydrogen-bond donors (Lipinski definition) is 1. The molecule has 3 aromatic rings. The first-order valence-corrected chi connectivity index (χ1v) is 9.18. The third kappa shape index (κ3) is 4.71. The SMILES string of the molecule is Cc1cc(OCC(=O)NC(c2ccccc2)c2cccs2)ccc1[N+](=O)[O-]. The summed E-state index contributed by atoms with van der Waals surface area (Å²) in [6.07, 6.45) is 0. The van der Waals surface area contributed by atoms with Crippen molar-refractivity contribution in [2.75, 3.05) is 6.61 Å². The second-order valence-corrected chi connectivity index (χ2v) is 6.90. The van der Waals surface area contributed by atoms with Crippen LogP contribution in [0.5, 0.6) is 5.75 Å². The number of carbonyl (C=O) groups is 1. The Kier molecular flexibility index (Phi) is 5.83. The minimum atomic E-state index is -0.447. The van der Waals surface area contributed by atoms with E-state index in [1.54, 1.807) is 24.3 Å². The van der Waals surface area contributed by atoms with E-state index in [1.165, 1.54) is 12.1 Å².